The fraction of sp³-hybridized carbons (Fsp3) is 0.500. The minimum atomic E-state index is -0.413. The molecule has 1 aliphatic rings. The van der Waals surface area contributed by atoms with Crippen LogP contribution in [0.2, 0.25) is 0 Å². The minimum absolute atomic E-state index is 0.0384. The van der Waals surface area contributed by atoms with Gasteiger partial charge in [-0.2, -0.15) is 0 Å². The van der Waals surface area contributed by atoms with Gasteiger partial charge in [-0.3, -0.25) is 9.78 Å². The topological polar surface area (TPSA) is 59.5 Å². The summed E-state index contributed by atoms with van der Waals surface area (Å²) >= 11 is 0. The highest BCUT2D eigenvalue weighted by molar-refractivity contribution is 5.86. The summed E-state index contributed by atoms with van der Waals surface area (Å²) in [6, 6.07) is 3.25. The molecule has 1 aromatic rings. The van der Waals surface area contributed by atoms with Crippen molar-refractivity contribution >= 4 is 11.9 Å². The lowest BCUT2D eigenvalue weighted by Crippen LogP contribution is -2.42. The maximum absolute atomic E-state index is 12.2. The molecule has 2 heterocycles. The maximum atomic E-state index is 12.2. The molecule has 1 unspecified atom stereocenters. The number of rotatable bonds is 4. The zero-order valence-corrected chi connectivity index (χ0v) is 11.0. The van der Waals surface area contributed by atoms with Gasteiger partial charge in [-0.1, -0.05) is 6.07 Å². The van der Waals surface area contributed by atoms with Gasteiger partial charge in [0.25, 0.3) is 0 Å². The Morgan fingerprint density at radius 2 is 2.37 bits per heavy atom. The zero-order chi connectivity index (χ0) is 13.7. The number of aromatic nitrogens is 1. The van der Waals surface area contributed by atoms with E-state index in [4.69, 9.17) is 4.74 Å². The molecule has 0 N–H and O–H groups in total. The molecule has 0 spiro atoms. The minimum Gasteiger partial charge on any atom is -0.464 e. The van der Waals surface area contributed by atoms with Crippen LogP contribution in [0.25, 0.3) is 0 Å². The lowest BCUT2D eigenvalue weighted by Gasteiger charge is -2.23. The van der Waals surface area contributed by atoms with Crippen LogP contribution in [0.3, 0.4) is 0 Å². The van der Waals surface area contributed by atoms with Crippen LogP contribution in [0, 0.1) is 0 Å². The van der Waals surface area contributed by atoms with Gasteiger partial charge in [-0.05, 0) is 31.4 Å². The highest BCUT2D eigenvalue weighted by Crippen LogP contribution is 2.19. The molecule has 1 amide bonds. The van der Waals surface area contributed by atoms with E-state index >= 15 is 0 Å². The van der Waals surface area contributed by atoms with Gasteiger partial charge in [0.15, 0.2) is 0 Å². The van der Waals surface area contributed by atoms with Crippen molar-refractivity contribution in [2.24, 2.45) is 0 Å². The third kappa shape index (κ3) is 3.30. The summed E-state index contributed by atoms with van der Waals surface area (Å²) in [5, 5.41) is 0. The molecule has 0 radical (unpaired) electrons. The van der Waals surface area contributed by atoms with Crippen LogP contribution in [-0.2, 0) is 20.7 Å². The number of hydrogen-bond acceptors (Lipinski definition) is 4. The Morgan fingerprint density at radius 3 is 3.05 bits per heavy atom. The van der Waals surface area contributed by atoms with Gasteiger partial charge in [0.05, 0.1) is 13.0 Å². The van der Waals surface area contributed by atoms with E-state index in [0.29, 0.717) is 19.6 Å². The zero-order valence-electron chi connectivity index (χ0n) is 11.0. The van der Waals surface area contributed by atoms with Gasteiger partial charge in [0, 0.05) is 18.9 Å². The first-order valence-corrected chi connectivity index (χ1v) is 6.57. The van der Waals surface area contributed by atoms with E-state index in [1.165, 1.54) is 0 Å². The molecule has 1 saturated heterocycles. The van der Waals surface area contributed by atoms with Crippen molar-refractivity contribution in [1.29, 1.82) is 0 Å². The Bertz CT molecular complexity index is 447. The van der Waals surface area contributed by atoms with Gasteiger partial charge in [-0.25, -0.2) is 4.79 Å². The highest BCUT2D eigenvalue weighted by Gasteiger charge is 2.34. The van der Waals surface area contributed by atoms with E-state index in [0.717, 1.165) is 12.0 Å². The lowest BCUT2D eigenvalue weighted by atomic mass is 10.1. The molecule has 2 rings (SSSR count). The summed E-state index contributed by atoms with van der Waals surface area (Å²) in [7, 11) is 0. The first-order valence-electron chi connectivity index (χ1n) is 6.57. The number of ether oxygens (including phenoxy) is 1. The fourth-order valence-corrected chi connectivity index (χ4v) is 2.33. The molecule has 0 aromatic carbocycles. The van der Waals surface area contributed by atoms with Crippen molar-refractivity contribution in [3.8, 4) is 0 Å². The Morgan fingerprint density at radius 1 is 1.53 bits per heavy atom. The number of hydrogen-bond donors (Lipinski definition) is 0. The van der Waals surface area contributed by atoms with Crippen LogP contribution in [-0.4, -0.2) is 41.0 Å². The van der Waals surface area contributed by atoms with E-state index in [9.17, 15) is 9.59 Å². The standard InChI is InChI=1S/C14H18N2O3/c1-2-19-14(18)12-6-4-8-16(12)13(17)9-11-5-3-7-15-10-11/h3,5,7,10,12H,2,4,6,8-9H2,1H3. The molecular weight excluding hydrogens is 244 g/mol. The number of nitrogens with zero attached hydrogens (tertiary/aromatic N) is 2. The van der Waals surface area contributed by atoms with Crippen molar-refractivity contribution in [2.75, 3.05) is 13.2 Å². The number of pyridine rings is 1. The molecule has 0 saturated carbocycles. The van der Waals surface area contributed by atoms with Crippen LogP contribution < -0.4 is 0 Å². The summed E-state index contributed by atoms with van der Waals surface area (Å²) in [4.78, 5) is 29.6. The van der Waals surface area contributed by atoms with E-state index in [1.807, 2.05) is 6.07 Å². The Labute approximate surface area is 112 Å². The van der Waals surface area contributed by atoms with Crippen molar-refractivity contribution < 1.29 is 14.3 Å². The molecule has 102 valence electrons. The predicted octanol–water partition coefficient (Wildman–Crippen LogP) is 1.18. The van der Waals surface area contributed by atoms with Gasteiger partial charge < -0.3 is 9.64 Å². The third-order valence-corrected chi connectivity index (χ3v) is 3.21. The van der Waals surface area contributed by atoms with Crippen molar-refractivity contribution in [2.45, 2.75) is 32.2 Å². The van der Waals surface area contributed by atoms with Gasteiger partial charge >= 0.3 is 5.97 Å². The molecule has 1 aliphatic heterocycles. The molecule has 1 fully saturated rings. The summed E-state index contributed by atoms with van der Waals surface area (Å²) in [6.45, 7) is 2.75. The van der Waals surface area contributed by atoms with E-state index in [-0.39, 0.29) is 18.3 Å². The number of likely N-dealkylation sites (tertiary alicyclic amines) is 1. The third-order valence-electron chi connectivity index (χ3n) is 3.21. The Hall–Kier alpha value is -1.91. The average Bonchev–Trinajstić information content (AvgIpc) is 2.89. The summed E-state index contributed by atoms with van der Waals surface area (Å²) in [5.74, 6) is -0.330. The number of carbonyl (C=O) groups excluding carboxylic acids is 2. The van der Waals surface area contributed by atoms with Crippen LogP contribution in [0.4, 0.5) is 0 Å². The second kappa shape index (κ2) is 6.31. The summed E-state index contributed by atoms with van der Waals surface area (Å²) < 4.78 is 5.01. The molecular formula is C14H18N2O3. The molecule has 19 heavy (non-hydrogen) atoms. The average molecular weight is 262 g/mol. The largest absolute Gasteiger partial charge is 0.464 e. The quantitative estimate of drug-likeness (QED) is 0.764. The molecule has 1 atom stereocenters. The van der Waals surface area contributed by atoms with Crippen LogP contribution in [0.15, 0.2) is 24.5 Å². The second-order valence-corrected chi connectivity index (χ2v) is 4.54. The van der Waals surface area contributed by atoms with Crippen LogP contribution >= 0.6 is 0 Å². The summed E-state index contributed by atoms with van der Waals surface area (Å²) in [6.07, 6.45) is 5.17. The smallest absolute Gasteiger partial charge is 0.328 e. The van der Waals surface area contributed by atoms with Crippen molar-refractivity contribution in [3.63, 3.8) is 0 Å². The second-order valence-electron chi connectivity index (χ2n) is 4.54. The normalized spacial score (nSPS) is 18.4. The maximum Gasteiger partial charge on any atom is 0.328 e. The summed E-state index contributed by atoms with van der Waals surface area (Å²) in [5.41, 5.74) is 0.863. The Balaban J connectivity index is 2.00. The van der Waals surface area contributed by atoms with Crippen LogP contribution in [0.5, 0.6) is 0 Å². The van der Waals surface area contributed by atoms with Gasteiger partial charge in [0.1, 0.15) is 6.04 Å². The predicted molar refractivity (Wildman–Crippen MR) is 69.3 cm³/mol. The number of amides is 1. The van der Waals surface area contributed by atoms with E-state index < -0.39 is 6.04 Å². The molecule has 1 aromatic heterocycles. The van der Waals surface area contributed by atoms with Crippen molar-refractivity contribution in [1.82, 2.24) is 9.88 Å². The molecule has 0 aliphatic carbocycles. The number of carbonyl (C=O) groups is 2. The molecule has 5 heteroatoms. The van der Waals surface area contributed by atoms with Gasteiger partial charge in [-0.15, -0.1) is 0 Å². The van der Waals surface area contributed by atoms with Gasteiger partial charge in [0.2, 0.25) is 5.91 Å². The first kappa shape index (κ1) is 13.5. The molecule has 5 nitrogen and oxygen atoms in total. The SMILES string of the molecule is CCOC(=O)C1CCCN1C(=O)Cc1cccnc1. The Kier molecular flexibility index (Phi) is 4.49. The lowest BCUT2D eigenvalue weighted by molar-refractivity contribution is -0.152. The first-order chi connectivity index (χ1) is 9.22. The fourth-order valence-electron chi connectivity index (χ4n) is 2.33. The monoisotopic (exact) mass is 262 g/mol. The van der Waals surface area contributed by atoms with Crippen molar-refractivity contribution in [3.05, 3.63) is 30.1 Å². The van der Waals surface area contributed by atoms with Crippen LogP contribution in [0.1, 0.15) is 25.3 Å². The highest BCUT2D eigenvalue weighted by atomic mass is 16.5. The van der Waals surface area contributed by atoms with E-state index in [2.05, 4.69) is 4.98 Å². The van der Waals surface area contributed by atoms with E-state index in [1.54, 1.807) is 30.3 Å². The molecule has 0 bridgehead atoms. The number of esters is 1.